The van der Waals surface area contributed by atoms with Gasteiger partial charge in [-0.3, -0.25) is 4.72 Å². The summed E-state index contributed by atoms with van der Waals surface area (Å²) in [7, 11) is -3.93. The second-order valence-corrected chi connectivity index (χ2v) is 8.72. The van der Waals surface area contributed by atoms with Crippen LogP contribution in [0.15, 0.2) is 45.8 Å². The highest BCUT2D eigenvalue weighted by molar-refractivity contribution is 9.10. The molecule has 3 aromatic rings. The first-order chi connectivity index (χ1) is 11.3. The number of carbonyl (C=O) groups is 1. The lowest BCUT2D eigenvalue weighted by Crippen LogP contribution is -2.23. The van der Waals surface area contributed by atoms with Crippen LogP contribution in [0.25, 0.3) is 10.2 Å². The number of nitrogens with zero attached hydrogens (tertiary/aromatic N) is 1. The number of hydrogen-bond acceptors (Lipinski definition) is 6. The highest BCUT2D eigenvalue weighted by atomic mass is 79.9. The van der Waals surface area contributed by atoms with E-state index in [9.17, 15) is 18.3 Å². The zero-order chi connectivity index (χ0) is 17.5. The van der Waals surface area contributed by atoms with E-state index in [0.29, 0.717) is 5.69 Å². The number of benzene rings is 2. The zero-order valence-corrected chi connectivity index (χ0v) is 15.5. The van der Waals surface area contributed by atoms with Gasteiger partial charge in [-0.05, 0) is 43.3 Å². The maximum Gasteiger partial charge on any atom is 0.261 e. The largest absolute Gasteiger partial charge is 0.545 e. The van der Waals surface area contributed by atoms with E-state index >= 15 is 0 Å². The second kappa shape index (κ2) is 6.15. The number of carbonyl (C=O) groups excluding carboxylic acids is 1. The Kier molecular flexibility index (Phi) is 4.33. The Labute approximate surface area is 150 Å². The van der Waals surface area contributed by atoms with Gasteiger partial charge in [0.1, 0.15) is 0 Å². The zero-order valence-electron chi connectivity index (χ0n) is 12.2. The quantitative estimate of drug-likeness (QED) is 0.691. The number of halogens is 1. The van der Waals surface area contributed by atoms with Crippen LogP contribution in [0.5, 0.6) is 0 Å². The van der Waals surface area contributed by atoms with Gasteiger partial charge in [-0.15, -0.1) is 11.3 Å². The summed E-state index contributed by atoms with van der Waals surface area (Å²) < 4.78 is 28.5. The van der Waals surface area contributed by atoms with Crippen LogP contribution in [0.2, 0.25) is 0 Å². The standard InChI is InChI=1S/C15H11BrN2O4S2/c1-8-17-13-5-2-9(6-14(13)23-8)18-24(21,22)10-3-4-12(16)11(7-10)15(19)20/h2-7,18H,1H3,(H,19,20)/p-1. The third-order valence-corrected chi connectivity index (χ3v) is 6.22. The minimum Gasteiger partial charge on any atom is -0.545 e. The summed E-state index contributed by atoms with van der Waals surface area (Å²) in [6.45, 7) is 1.87. The molecule has 3 rings (SSSR count). The molecule has 0 aliphatic carbocycles. The first-order valence-corrected chi connectivity index (χ1v) is 9.76. The van der Waals surface area contributed by atoms with Crippen LogP contribution < -0.4 is 9.83 Å². The van der Waals surface area contributed by atoms with Crippen molar-refractivity contribution in [2.24, 2.45) is 0 Å². The molecule has 124 valence electrons. The fourth-order valence-corrected chi connectivity index (χ4v) is 4.50. The monoisotopic (exact) mass is 425 g/mol. The molecule has 6 nitrogen and oxygen atoms in total. The van der Waals surface area contributed by atoms with E-state index in [0.717, 1.165) is 21.3 Å². The molecular formula is C15H10BrN2O4S2-. The smallest absolute Gasteiger partial charge is 0.261 e. The normalized spacial score (nSPS) is 11.6. The van der Waals surface area contributed by atoms with E-state index < -0.39 is 16.0 Å². The van der Waals surface area contributed by atoms with Gasteiger partial charge in [-0.25, -0.2) is 13.4 Å². The van der Waals surface area contributed by atoms with Crippen LogP contribution in [0, 0.1) is 6.92 Å². The van der Waals surface area contributed by atoms with Crippen LogP contribution in [0.4, 0.5) is 5.69 Å². The third-order valence-electron chi connectivity index (χ3n) is 3.22. The van der Waals surface area contributed by atoms with Crippen molar-refractivity contribution >= 4 is 59.2 Å². The van der Waals surface area contributed by atoms with Crippen LogP contribution in [0.1, 0.15) is 15.4 Å². The Morgan fingerprint density at radius 2 is 2.00 bits per heavy atom. The molecule has 0 spiro atoms. The molecular weight excluding hydrogens is 416 g/mol. The van der Waals surface area contributed by atoms with E-state index in [4.69, 9.17) is 0 Å². The van der Waals surface area contributed by atoms with Crippen molar-refractivity contribution < 1.29 is 18.3 Å². The molecule has 2 aromatic carbocycles. The molecule has 0 unspecified atom stereocenters. The molecule has 1 heterocycles. The summed E-state index contributed by atoms with van der Waals surface area (Å²) >= 11 is 4.51. The fraction of sp³-hybridized carbons (Fsp3) is 0.0667. The van der Waals surface area contributed by atoms with Crippen molar-refractivity contribution in [3.8, 4) is 0 Å². The van der Waals surface area contributed by atoms with Crippen molar-refractivity contribution in [3.05, 3.63) is 51.4 Å². The van der Waals surface area contributed by atoms with Crippen molar-refractivity contribution in [2.75, 3.05) is 4.72 Å². The SMILES string of the molecule is Cc1nc2ccc(NS(=O)(=O)c3ccc(Br)c(C(=O)[O-])c3)cc2s1. The van der Waals surface area contributed by atoms with Gasteiger partial charge >= 0.3 is 0 Å². The van der Waals surface area contributed by atoms with Gasteiger partial charge in [0.05, 0.1) is 31.8 Å². The highest BCUT2D eigenvalue weighted by Crippen LogP contribution is 2.27. The number of hydrogen-bond donors (Lipinski definition) is 1. The predicted octanol–water partition coefficient (Wildman–Crippen LogP) is 2.53. The summed E-state index contributed by atoms with van der Waals surface area (Å²) in [4.78, 5) is 15.2. The Balaban J connectivity index is 1.98. The van der Waals surface area contributed by atoms with Crippen molar-refractivity contribution in [2.45, 2.75) is 11.8 Å². The number of thiazole rings is 1. The molecule has 1 N–H and O–H groups in total. The van der Waals surface area contributed by atoms with Gasteiger partial charge in [0.25, 0.3) is 10.0 Å². The van der Waals surface area contributed by atoms with Crippen LogP contribution >= 0.6 is 27.3 Å². The number of aryl methyl sites for hydroxylation is 1. The third kappa shape index (κ3) is 3.28. The summed E-state index contributed by atoms with van der Waals surface area (Å²) in [5, 5.41) is 11.9. The molecule has 1 aromatic heterocycles. The average molecular weight is 426 g/mol. The minimum absolute atomic E-state index is 0.162. The molecule has 0 aliphatic heterocycles. The Morgan fingerprint density at radius 3 is 2.71 bits per heavy atom. The van der Waals surface area contributed by atoms with E-state index in [1.807, 2.05) is 6.92 Å². The van der Waals surface area contributed by atoms with Crippen molar-refractivity contribution in [1.29, 1.82) is 0 Å². The minimum atomic E-state index is -3.93. The number of anilines is 1. The van der Waals surface area contributed by atoms with Crippen LogP contribution in [-0.2, 0) is 10.0 Å². The molecule has 0 radical (unpaired) electrons. The number of nitrogens with one attached hydrogen (secondary N) is 1. The average Bonchev–Trinajstić information content (AvgIpc) is 2.86. The Bertz CT molecular complexity index is 1060. The lowest BCUT2D eigenvalue weighted by Gasteiger charge is -2.11. The molecule has 0 aliphatic rings. The molecule has 9 heteroatoms. The predicted molar refractivity (Wildman–Crippen MR) is 93.6 cm³/mol. The Morgan fingerprint density at radius 1 is 1.25 bits per heavy atom. The number of fused-ring (bicyclic) bond motifs is 1. The number of aromatic nitrogens is 1. The molecule has 0 saturated carbocycles. The van der Waals surface area contributed by atoms with E-state index in [1.54, 1.807) is 18.2 Å². The van der Waals surface area contributed by atoms with E-state index in [2.05, 4.69) is 25.6 Å². The summed E-state index contributed by atoms with van der Waals surface area (Å²) in [5.41, 5.74) is 0.943. The Hall–Kier alpha value is -1.97. The number of sulfonamides is 1. The summed E-state index contributed by atoms with van der Waals surface area (Å²) in [5.74, 6) is -1.46. The maximum atomic E-state index is 12.5. The molecule has 0 bridgehead atoms. The number of rotatable bonds is 4. The topological polar surface area (TPSA) is 99.2 Å². The van der Waals surface area contributed by atoms with Gasteiger partial charge in [-0.2, -0.15) is 0 Å². The maximum absolute atomic E-state index is 12.5. The van der Waals surface area contributed by atoms with Gasteiger partial charge in [-0.1, -0.05) is 15.9 Å². The van der Waals surface area contributed by atoms with Crippen LogP contribution in [-0.4, -0.2) is 19.4 Å². The van der Waals surface area contributed by atoms with Crippen molar-refractivity contribution in [1.82, 2.24) is 4.98 Å². The van der Waals surface area contributed by atoms with Gasteiger partial charge in [0.2, 0.25) is 0 Å². The van der Waals surface area contributed by atoms with Gasteiger partial charge < -0.3 is 9.90 Å². The molecule has 0 amide bonds. The van der Waals surface area contributed by atoms with E-state index in [-0.39, 0.29) is 14.9 Å². The van der Waals surface area contributed by atoms with Gasteiger partial charge in [0.15, 0.2) is 0 Å². The molecule has 0 atom stereocenters. The first-order valence-electron chi connectivity index (χ1n) is 6.67. The molecule has 0 saturated heterocycles. The van der Waals surface area contributed by atoms with E-state index in [1.165, 1.54) is 23.5 Å². The highest BCUT2D eigenvalue weighted by Gasteiger charge is 2.17. The van der Waals surface area contributed by atoms with Crippen LogP contribution in [0.3, 0.4) is 0 Å². The lowest BCUT2D eigenvalue weighted by atomic mass is 10.2. The number of aromatic carboxylic acids is 1. The molecule has 24 heavy (non-hydrogen) atoms. The second-order valence-electron chi connectivity index (χ2n) is 4.95. The number of carboxylic acids is 1. The van der Waals surface area contributed by atoms with Crippen molar-refractivity contribution in [3.63, 3.8) is 0 Å². The van der Waals surface area contributed by atoms with Gasteiger partial charge in [0, 0.05) is 10.0 Å². The summed E-state index contributed by atoms with van der Waals surface area (Å²) in [6, 6.07) is 8.75. The lowest BCUT2D eigenvalue weighted by molar-refractivity contribution is -0.255. The molecule has 0 fully saturated rings. The fourth-order valence-electron chi connectivity index (χ4n) is 2.15. The first kappa shape index (κ1) is 16.9. The summed E-state index contributed by atoms with van der Waals surface area (Å²) in [6.07, 6.45) is 0. The number of carboxylic acid groups (broad SMARTS) is 1.